The van der Waals surface area contributed by atoms with Crippen LogP contribution < -0.4 is 5.56 Å². The van der Waals surface area contributed by atoms with Gasteiger partial charge in [-0.3, -0.25) is 9.36 Å². The topological polar surface area (TPSA) is 96.2 Å². The molecule has 0 amide bonds. The fraction of sp³-hybridized carbons (Fsp3) is 0.300. The molecule has 1 saturated heterocycles. The van der Waals surface area contributed by atoms with E-state index in [9.17, 15) is 4.79 Å². The molecule has 0 radical (unpaired) electrons. The van der Waals surface area contributed by atoms with Gasteiger partial charge in [-0.15, -0.1) is 0 Å². The molecule has 30 heavy (non-hydrogen) atoms. The van der Waals surface area contributed by atoms with Gasteiger partial charge in [0, 0.05) is 11.6 Å². The summed E-state index contributed by atoms with van der Waals surface area (Å²) in [6, 6.07) is 8.61. The van der Waals surface area contributed by atoms with Gasteiger partial charge >= 0.3 is 0 Å². The smallest absolute Gasteiger partial charge is 0.293 e. The number of nitrogens with zero attached hydrogens (tertiary/aromatic N) is 4. The first kappa shape index (κ1) is 19.3. The van der Waals surface area contributed by atoms with Gasteiger partial charge in [-0.25, -0.2) is 4.98 Å². The van der Waals surface area contributed by atoms with Crippen LogP contribution in [0.15, 0.2) is 55.5 Å². The van der Waals surface area contributed by atoms with Crippen molar-refractivity contribution in [1.29, 1.82) is 0 Å². The number of halogens is 1. The first-order chi connectivity index (χ1) is 14.7. The van der Waals surface area contributed by atoms with Gasteiger partial charge in [0.25, 0.3) is 11.4 Å². The minimum absolute atomic E-state index is 0.00401. The van der Waals surface area contributed by atoms with Crippen LogP contribution in [0.5, 0.6) is 0 Å². The zero-order valence-electron chi connectivity index (χ0n) is 15.8. The van der Waals surface area contributed by atoms with Crippen molar-refractivity contribution in [1.82, 2.24) is 19.7 Å². The molecular weight excluding hydrogens is 428 g/mol. The van der Waals surface area contributed by atoms with E-state index in [-0.39, 0.29) is 11.7 Å². The minimum atomic E-state index is -0.112. The van der Waals surface area contributed by atoms with Crippen LogP contribution in [0.4, 0.5) is 0 Å². The Morgan fingerprint density at radius 1 is 1.27 bits per heavy atom. The van der Waals surface area contributed by atoms with E-state index in [1.807, 2.05) is 0 Å². The van der Waals surface area contributed by atoms with E-state index in [0.29, 0.717) is 50.9 Å². The van der Waals surface area contributed by atoms with E-state index in [0.717, 1.165) is 19.4 Å². The fourth-order valence-corrected chi connectivity index (χ4v) is 4.40. The van der Waals surface area contributed by atoms with Crippen LogP contribution in [0.3, 0.4) is 0 Å². The van der Waals surface area contributed by atoms with Gasteiger partial charge in [0.2, 0.25) is 0 Å². The monoisotopic (exact) mass is 444 g/mol. The molecule has 5 rings (SSSR count). The number of rotatable bonds is 6. The Morgan fingerprint density at radius 3 is 3.00 bits per heavy atom. The molecule has 0 spiro atoms. The lowest BCUT2D eigenvalue weighted by Crippen LogP contribution is -2.28. The molecule has 8 nitrogen and oxygen atoms in total. The highest BCUT2D eigenvalue weighted by Crippen LogP contribution is 2.25. The number of thioether (sulfide) groups is 1. The van der Waals surface area contributed by atoms with Crippen molar-refractivity contribution in [3.63, 3.8) is 0 Å². The van der Waals surface area contributed by atoms with Crippen molar-refractivity contribution in [3.8, 4) is 11.7 Å². The Kier molecular flexibility index (Phi) is 5.32. The van der Waals surface area contributed by atoms with Crippen molar-refractivity contribution >= 4 is 34.3 Å². The van der Waals surface area contributed by atoms with E-state index in [4.69, 9.17) is 30.3 Å². The number of aromatic nitrogens is 4. The summed E-state index contributed by atoms with van der Waals surface area (Å²) in [6.45, 7) is 1.17. The van der Waals surface area contributed by atoms with Gasteiger partial charge in [0.05, 0.1) is 35.6 Å². The molecule has 4 heterocycles. The highest BCUT2D eigenvalue weighted by molar-refractivity contribution is 7.98. The van der Waals surface area contributed by atoms with Crippen molar-refractivity contribution in [2.45, 2.75) is 36.4 Å². The number of hydrogen-bond donors (Lipinski definition) is 0. The van der Waals surface area contributed by atoms with Crippen LogP contribution in [-0.2, 0) is 17.0 Å². The van der Waals surface area contributed by atoms with E-state index >= 15 is 0 Å². The Balaban J connectivity index is 1.46. The van der Waals surface area contributed by atoms with Crippen LogP contribution in [0.25, 0.3) is 22.6 Å². The van der Waals surface area contributed by atoms with E-state index < -0.39 is 0 Å². The van der Waals surface area contributed by atoms with Gasteiger partial charge < -0.3 is 13.7 Å². The number of fused-ring (bicyclic) bond motifs is 1. The zero-order valence-corrected chi connectivity index (χ0v) is 17.4. The summed E-state index contributed by atoms with van der Waals surface area (Å²) in [6.07, 6.45) is 3.47. The molecule has 0 saturated carbocycles. The fourth-order valence-electron chi connectivity index (χ4n) is 3.38. The highest BCUT2D eigenvalue weighted by Gasteiger charge is 2.21. The highest BCUT2D eigenvalue weighted by atomic mass is 35.5. The summed E-state index contributed by atoms with van der Waals surface area (Å²) in [5.74, 6) is 1.68. The molecule has 1 fully saturated rings. The van der Waals surface area contributed by atoms with Crippen molar-refractivity contribution in [2.75, 3.05) is 6.61 Å². The molecule has 154 valence electrons. The zero-order chi connectivity index (χ0) is 20.5. The summed E-state index contributed by atoms with van der Waals surface area (Å²) in [7, 11) is 0. The van der Waals surface area contributed by atoms with Crippen molar-refractivity contribution in [3.05, 3.63) is 57.8 Å². The predicted octanol–water partition coefficient (Wildman–Crippen LogP) is 4.16. The number of furan rings is 1. The predicted molar refractivity (Wildman–Crippen MR) is 112 cm³/mol. The molecule has 10 heteroatoms. The van der Waals surface area contributed by atoms with Crippen LogP contribution in [0.2, 0.25) is 5.02 Å². The van der Waals surface area contributed by atoms with Gasteiger partial charge in [-0.1, -0.05) is 28.5 Å². The second kappa shape index (κ2) is 8.25. The number of benzene rings is 1. The Labute approximate surface area is 180 Å². The molecule has 1 unspecified atom stereocenters. The quantitative estimate of drug-likeness (QED) is 0.323. The summed E-state index contributed by atoms with van der Waals surface area (Å²) < 4.78 is 17.9. The molecule has 0 aliphatic carbocycles. The third kappa shape index (κ3) is 3.88. The van der Waals surface area contributed by atoms with Crippen LogP contribution in [-0.4, -0.2) is 32.4 Å². The van der Waals surface area contributed by atoms with Crippen molar-refractivity contribution < 1.29 is 13.7 Å². The second-order valence-corrected chi connectivity index (χ2v) is 8.27. The molecule has 1 aliphatic heterocycles. The van der Waals surface area contributed by atoms with Gasteiger partial charge in [-0.05, 0) is 43.2 Å². The molecule has 1 aliphatic rings. The lowest BCUT2D eigenvalue weighted by atomic mass is 10.2. The summed E-state index contributed by atoms with van der Waals surface area (Å²) in [4.78, 5) is 22.2. The lowest BCUT2D eigenvalue weighted by molar-refractivity contribution is 0.0937. The summed E-state index contributed by atoms with van der Waals surface area (Å²) in [5.41, 5.74) is 0.446. The maximum Gasteiger partial charge on any atom is 0.293 e. The average molecular weight is 445 g/mol. The van der Waals surface area contributed by atoms with Gasteiger partial charge in [-0.2, -0.15) is 4.98 Å². The lowest BCUT2D eigenvalue weighted by Gasteiger charge is -2.16. The third-order valence-corrected chi connectivity index (χ3v) is 6.03. The Hall–Kier alpha value is -2.62. The van der Waals surface area contributed by atoms with Crippen molar-refractivity contribution in [2.24, 2.45) is 0 Å². The van der Waals surface area contributed by atoms with E-state index in [2.05, 4.69) is 10.1 Å². The molecule has 0 N–H and O–H groups in total. The number of hydrogen-bond acceptors (Lipinski definition) is 8. The standard InChI is InChI=1S/C20H17ClN4O4S/c21-12-5-6-14-15(9-12)22-20(25(19(14)26)10-13-3-1-7-27-13)30-11-17-23-18(29-24-17)16-4-2-8-28-16/h2,4-6,8-9,13H,1,3,7,10-11H2. The van der Waals surface area contributed by atoms with Crippen LogP contribution in [0.1, 0.15) is 18.7 Å². The van der Waals surface area contributed by atoms with Gasteiger partial charge in [0.1, 0.15) is 0 Å². The minimum Gasteiger partial charge on any atom is -0.459 e. The molecule has 3 aromatic heterocycles. The summed E-state index contributed by atoms with van der Waals surface area (Å²) >= 11 is 7.47. The Morgan fingerprint density at radius 2 is 2.20 bits per heavy atom. The molecule has 0 bridgehead atoms. The SMILES string of the molecule is O=c1c2ccc(Cl)cc2nc(SCc2noc(-c3ccco3)n2)n1CC1CCCO1. The Bertz CT molecular complexity index is 1230. The first-order valence-electron chi connectivity index (χ1n) is 9.48. The summed E-state index contributed by atoms with van der Waals surface area (Å²) in [5, 5.41) is 5.62. The average Bonchev–Trinajstić information content (AvgIpc) is 3.51. The maximum atomic E-state index is 13.2. The van der Waals surface area contributed by atoms with Crippen LogP contribution >= 0.6 is 23.4 Å². The molecule has 1 atom stereocenters. The molecular formula is C20H17ClN4O4S. The normalized spacial score (nSPS) is 16.5. The van der Waals surface area contributed by atoms with E-state index in [1.54, 1.807) is 41.2 Å². The maximum absolute atomic E-state index is 13.2. The largest absolute Gasteiger partial charge is 0.459 e. The van der Waals surface area contributed by atoms with E-state index in [1.165, 1.54) is 11.8 Å². The third-order valence-electron chi connectivity index (χ3n) is 4.82. The second-order valence-electron chi connectivity index (χ2n) is 6.89. The number of ether oxygens (including phenoxy) is 1. The molecule has 4 aromatic rings. The molecule has 1 aromatic carbocycles. The first-order valence-corrected chi connectivity index (χ1v) is 10.8. The van der Waals surface area contributed by atoms with Crippen LogP contribution in [0, 0.1) is 0 Å². The van der Waals surface area contributed by atoms with Gasteiger partial charge in [0.15, 0.2) is 16.7 Å².